The molecule has 0 aromatic carbocycles. The maximum Gasteiger partial charge on any atom is 0.356 e. The fourth-order valence-electron chi connectivity index (χ4n) is 1.90. The van der Waals surface area contributed by atoms with E-state index in [-0.39, 0.29) is 11.3 Å². The normalized spacial score (nSPS) is 10.9. The predicted molar refractivity (Wildman–Crippen MR) is 67.7 cm³/mol. The Morgan fingerprint density at radius 3 is 3.06 bits per heavy atom. The van der Waals surface area contributed by atoms with Gasteiger partial charge in [-0.05, 0) is 18.4 Å². The van der Waals surface area contributed by atoms with Gasteiger partial charge >= 0.3 is 5.63 Å². The molecular formula is C12H7N3O2S. The molecule has 0 atom stereocenters. The molecule has 0 saturated carbocycles. The lowest BCUT2D eigenvalue weighted by Gasteiger charge is -2.01. The van der Waals surface area contributed by atoms with Crippen molar-refractivity contribution in [3.05, 3.63) is 40.4 Å². The van der Waals surface area contributed by atoms with Crippen molar-refractivity contribution in [3.8, 4) is 6.07 Å². The largest absolute Gasteiger partial charge is 0.401 e. The maximum absolute atomic E-state index is 11.7. The monoisotopic (exact) mass is 257 g/mol. The highest BCUT2D eigenvalue weighted by Crippen LogP contribution is 2.28. The van der Waals surface area contributed by atoms with E-state index in [1.165, 1.54) is 11.8 Å². The summed E-state index contributed by atoms with van der Waals surface area (Å²) >= 11 is 1.34. The quantitative estimate of drug-likeness (QED) is 0.624. The molecule has 3 aromatic heterocycles. The minimum absolute atomic E-state index is 0.0284. The highest BCUT2D eigenvalue weighted by atomic mass is 32.2. The van der Waals surface area contributed by atoms with Crippen LogP contribution in [0.25, 0.3) is 16.9 Å². The Morgan fingerprint density at radius 2 is 2.33 bits per heavy atom. The van der Waals surface area contributed by atoms with E-state index in [9.17, 15) is 4.79 Å². The van der Waals surface area contributed by atoms with Gasteiger partial charge in [-0.2, -0.15) is 10.2 Å². The van der Waals surface area contributed by atoms with Gasteiger partial charge in [0.1, 0.15) is 17.2 Å². The lowest BCUT2D eigenvalue weighted by atomic mass is 10.3. The summed E-state index contributed by atoms with van der Waals surface area (Å²) in [6.45, 7) is 0. The number of aromatic nitrogens is 2. The van der Waals surface area contributed by atoms with Gasteiger partial charge in [-0.15, -0.1) is 11.8 Å². The third kappa shape index (κ3) is 1.34. The van der Waals surface area contributed by atoms with Gasteiger partial charge in [0.05, 0.1) is 4.90 Å². The maximum atomic E-state index is 11.7. The van der Waals surface area contributed by atoms with E-state index in [0.29, 0.717) is 16.1 Å². The first-order valence-electron chi connectivity index (χ1n) is 5.14. The molecule has 6 heteroatoms. The van der Waals surface area contributed by atoms with E-state index >= 15 is 0 Å². The van der Waals surface area contributed by atoms with Crippen molar-refractivity contribution in [2.45, 2.75) is 4.90 Å². The van der Waals surface area contributed by atoms with Crippen LogP contribution in [0.15, 0.2) is 38.5 Å². The van der Waals surface area contributed by atoms with Crippen LogP contribution in [0.1, 0.15) is 5.56 Å². The molecule has 5 nitrogen and oxygen atoms in total. The highest BCUT2D eigenvalue weighted by Gasteiger charge is 2.18. The minimum atomic E-state index is -0.641. The van der Waals surface area contributed by atoms with Crippen LogP contribution in [0.4, 0.5) is 0 Å². The second-order valence-electron chi connectivity index (χ2n) is 3.60. The van der Waals surface area contributed by atoms with E-state index in [4.69, 9.17) is 9.68 Å². The Bertz CT molecular complexity index is 857. The van der Waals surface area contributed by atoms with Gasteiger partial charge in [-0.25, -0.2) is 4.79 Å². The molecule has 0 bridgehead atoms. The average molecular weight is 257 g/mol. The number of rotatable bonds is 1. The molecule has 3 aromatic rings. The molecule has 3 heterocycles. The summed E-state index contributed by atoms with van der Waals surface area (Å²) in [5.41, 5.74) is 0.989. The topological polar surface area (TPSA) is 71.3 Å². The SMILES string of the molecule is CSc1c(C#N)c(=O)oc2nc3ccccn3c12. The Labute approximate surface area is 106 Å². The molecule has 0 radical (unpaired) electrons. The van der Waals surface area contributed by atoms with Crippen LogP contribution in [0.3, 0.4) is 0 Å². The zero-order chi connectivity index (χ0) is 12.7. The number of thioether (sulfide) groups is 1. The number of hydrogen-bond acceptors (Lipinski definition) is 5. The third-order valence-electron chi connectivity index (χ3n) is 2.65. The van der Waals surface area contributed by atoms with E-state index in [0.717, 1.165) is 0 Å². The van der Waals surface area contributed by atoms with Gasteiger partial charge in [0, 0.05) is 6.20 Å². The fourth-order valence-corrected chi connectivity index (χ4v) is 2.61. The van der Waals surface area contributed by atoms with Crippen LogP contribution in [-0.2, 0) is 0 Å². The molecule has 0 aliphatic rings. The molecular weight excluding hydrogens is 250 g/mol. The minimum Gasteiger partial charge on any atom is -0.401 e. The zero-order valence-corrected chi connectivity index (χ0v) is 10.2. The molecule has 0 N–H and O–H groups in total. The number of nitriles is 1. The molecule has 18 heavy (non-hydrogen) atoms. The zero-order valence-electron chi connectivity index (χ0n) is 9.38. The summed E-state index contributed by atoms with van der Waals surface area (Å²) in [5.74, 6) is 0. The molecule has 0 fully saturated rings. The van der Waals surface area contributed by atoms with Gasteiger partial charge in [0.2, 0.25) is 0 Å². The van der Waals surface area contributed by atoms with Crippen LogP contribution >= 0.6 is 11.8 Å². The third-order valence-corrected chi connectivity index (χ3v) is 3.46. The fraction of sp³-hybridized carbons (Fsp3) is 0.0833. The molecule has 3 rings (SSSR count). The molecule has 0 saturated heterocycles. The van der Waals surface area contributed by atoms with E-state index < -0.39 is 5.63 Å². The van der Waals surface area contributed by atoms with Crippen molar-refractivity contribution in [2.75, 3.05) is 6.26 Å². The van der Waals surface area contributed by atoms with E-state index in [1.54, 1.807) is 0 Å². The lowest BCUT2D eigenvalue weighted by Crippen LogP contribution is -2.06. The average Bonchev–Trinajstić information content (AvgIpc) is 2.74. The Hall–Kier alpha value is -2.26. The van der Waals surface area contributed by atoms with Crippen molar-refractivity contribution >= 4 is 28.6 Å². The first-order valence-corrected chi connectivity index (χ1v) is 6.36. The first-order chi connectivity index (χ1) is 8.76. The van der Waals surface area contributed by atoms with Crippen molar-refractivity contribution in [3.63, 3.8) is 0 Å². The summed E-state index contributed by atoms with van der Waals surface area (Å²) in [5, 5.41) is 9.05. The molecule has 0 unspecified atom stereocenters. The van der Waals surface area contributed by atoms with Crippen molar-refractivity contribution in [2.24, 2.45) is 0 Å². The number of pyridine rings is 1. The molecule has 0 aliphatic heterocycles. The standard InChI is InChI=1S/C12H7N3O2S/c1-18-10-7(6-13)12(16)17-11-9(10)15-5-3-2-4-8(15)14-11/h2-5H,1H3. The Kier molecular flexibility index (Phi) is 2.35. The van der Waals surface area contributed by atoms with E-state index in [1.807, 2.05) is 41.1 Å². The summed E-state index contributed by atoms with van der Waals surface area (Å²) < 4.78 is 6.90. The summed E-state index contributed by atoms with van der Waals surface area (Å²) in [4.78, 5) is 16.5. The molecule has 88 valence electrons. The Morgan fingerprint density at radius 1 is 1.50 bits per heavy atom. The summed E-state index contributed by atoms with van der Waals surface area (Å²) in [6, 6.07) is 7.42. The number of fused-ring (bicyclic) bond motifs is 3. The molecule has 0 amide bonds. The summed E-state index contributed by atoms with van der Waals surface area (Å²) in [6.07, 6.45) is 3.64. The van der Waals surface area contributed by atoms with Crippen LogP contribution < -0.4 is 5.63 Å². The molecule has 0 aliphatic carbocycles. The predicted octanol–water partition coefficient (Wildman–Crippen LogP) is 2.03. The highest BCUT2D eigenvalue weighted by molar-refractivity contribution is 7.98. The first kappa shape index (κ1) is 10.9. The lowest BCUT2D eigenvalue weighted by molar-refractivity contribution is 0.545. The van der Waals surface area contributed by atoms with Crippen LogP contribution in [0.2, 0.25) is 0 Å². The van der Waals surface area contributed by atoms with E-state index in [2.05, 4.69) is 4.98 Å². The van der Waals surface area contributed by atoms with Crippen LogP contribution in [0.5, 0.6) is 0 Å². The second-order valence-corrected chi connectivity index (χ2v) is 4.42. The number of imidazole rings is 1. The smallest absolute Gasteiger partial charge is 0.356 e. The van der Waals surface area contributed by atoms with Crippen LogP contribution in [0, 0.1) is 11.3 Å². The second kappa shape index (κ2) is 3.89. The van der Waals surface area contributed by atoms with Crippen LogP contribution in [-0.4, -0.2) is 15.6 Å². The van der Waals surface area contributed by atoms with Gasteiger partial charge in [0.15, 0.2) is 5.56 Å². The van der Waals surface area contributed by atoms with Gasteiger partial charge in [-0.3, -0.25) is 4.40 Å². The van der Waals surface area contributed by atoms with Gasteiger partial charge in [0.25, 0.3) is 5.71 Å². The number of nitrogens with zero attached hydrogens (tertiary/aromatic N) is 3. The van der Waals surface area contributed by atoms with Crippen molar-refractivity contribution < 1.29 is 4.42 Å². The summed E-state index contributed by atoms with van der Waals surface area (Å²) in [7, 11) is 0. The number of hydrogen-bond donors (Lipinski definition) is 0. The van der Waals surface area contributed by atoms with Gasteiger partial charge in [-0.1, -0.05) is 6.07 Å². The van der Waals surface area contributed by atoms with Gasteiger partial charge < -0.3 is 4.42 Å². The van der Waals surface area contributed by atoms with Crippen molar-refractivity contribution in [1.82, 2.24) is 9.38 Å². The molecule has 0 spiro atoms. The Balaban J connectivity index is 2.64. The van der Waals surface area contributed by atoms with Crippen molar-refractivity contribution in [1.29, 1.82) is 5.26 Å².